The molecule has 0 aromatic rings. The van der Waals surface area contributed by atoms with Gasteiger partial charge in [-0.3, -0.25) is 23.4 Å². The molecule has 0 radical (unpaired) electrons. The predicted octanol–water partition coefficient (Wildman–Crippen LogP) is 19.3. The minimum atomic E-state index is -4.76. The van der Waals surface area contributed by atoms with Crippen molar-refractivity contribution in [1.82, 2.24) is 0 Å². The molecule has 0 saturated heterocycles. The van der Waals surface area contributed by atoms with Crippen LogP contribution in [-0.2, 0) is 42.2 Å². The molecule has 3 atom stereocenters. The Labute approximate surface area is 478 Å². The van der Waals surface area contributed by atoms with Gasteiger partial charge in [0.15, 0.2) is 6.10 Å². The number of carbonyl (C=O) groups excluding carboxylic acids is 3. The molecule has 12 heteroatoms. The molecule has 0 saturated carbocycles. The molecule has 0 spiro atoms. The number of unbranched alkanes of at least 4 members (excludes halogenated alkanes) is 30. The monoisotopic (exact) mass is 1120 g/mol. The summed E-state index contributed by atoms with van der Waals surface area (Å²) in [5.41, 5.74) is 0. The van der Waals surface area contributed by atoms with Crippen molar-refractivity contribution in [3.05, 3.63) is 72.9 Å². The first kappa shape index (κ1) is 74.9. The predicted molar refractivity (Wildman–Crippen MR) is 325 cm³/mol. The summed E-state index contributed by atoms with van der Waals surface area (Å²) in [5.74, 6) is -1.49. The number of hydrogen-bond donors (Lipinski definition) is 2. The van der Waals surface area contributed by atoms with Crippen molar-refractivity contribution in [2.75, 3.05) is 26.4 Å². The van der Waals surface area contributed by atoms with Gasteiger partial charge < -0.3 is 24.2 Å². The summed E-state index contributed by atoms with van der Waals surface area (Å²) in [6.07, 6.45) is 68.5. The van der Waals surface area contributed by atoms with Crippen LogP contribution in [0.15, 0.2) is 72.9 Å². The Hall–Kier alpha value is -3.08. The summed E-state index contributed by atoms with van der Waals surface area (Å²) >= 11 is 0. The number of aliphatic hydroxyl groups excluding tert-OH is 1. The SMILES string of the molecule is CC/C=C\C/C=C\C/C=C\C/C=C\C/C=C\CCCCCC(=O)OC(COC(=O)CCCCCCCCCCC/C=C\CCCCCCCC)COP(=O)(O)OCC(CO)OC(=O)CCCCCCCCCCCCCCC. The maximum atomic E-state index is 12.9. The summed E-state index contributed by atoms with van der Waals surface area (Å²) < 4.78 is 39.6. The molecule has 0 aliphatic carbocycles. The third kappa shape index (κ3) is 57.6. The highest BCUT2D eigenvalue weighted by Crippen LogP contribution is 2.43. The average molecular weight is 1120 g/mol. The number of aliphatic hydroxyl groups is 1. The lowest BCUT2D eigenvalue weighted by atomic mass is 10.0. The van der Waals surface area contributed by atoms with Crippen molar-refractivity contribution in [2.45, 2.75) is 303 Å². The van der Waals surface area contributed by atoms with E-state index in [1.165, 1.54) is 141 Å². The van der Waals surface area contributed by atoms with E-state index in [1.54, 1.807) is 0 Å². The van der Waals surface area contributed by atoms with E-state index in [0.29, 0.717) is 19.3 Å². The maximum absolute atomic E-state index is 12.9. The lowest BCUT2D eigenvalue weighted by Crippen LogP contribution is -2.30. The van der Waals surface area contributed by atoms with E-state index in [4.69, 9.17) is 23.3 Å². The molecule has 0 aromatic carbocycles. The minimum absolute atomic E-state index is 0.128. The third-order valence-electron chi connectivity index (χ3n) is 13.6. The molecule has 0 fully saturated rings. The lowest BCUT2D eigenvalue weighted by molar-refractivity contribution is -0.161. The van der Waals surface area contributed by atoms with E-state index in [1.807, 2.05) is 0 Å². The van der Waals surface area contributed by atoms with Crippen LogP contribution in [-0.4, -0.2) is 66.5 Å². The van der Waals surface area contributed by atoms with Crippen LogP contribution in [0.3, 0.4) is 0 Å². The number of allylic oxidation sites excluding steroid dienone is 12. The van der Waals surface area contributed by atoms with Crippen LogP contribution in [0.2, 0.25) is 0 Å². The fraction of sp³-hybridized carbons (Fsp3) is 0.773. The van der Waals surface area contributed by atoms with E-state index in [2.05, 4.69) is 93.7 Å². The van der Waals surface area contributed by atoms with E-state index >= 15 is 0 Å². The molecular weight excluding hydrogens is 1000 g/mol. The number of carbonyl (C=O) groups is 3. The van der Waals surface area contributed by atoms with Crippen LogP contribution in [0, 0.1) is 0 Å². The van der Waals surface area contributed by atoms with Crippen molar-refractivity contribution >= 4 is 25.7 Å². The molecule has 11 nitrogen and oxygen atoms in total. The van der Waals surface area contributed by atoms with Gasteiger partial charge in [-0.05, 0) is 89.9 Å². The maximum Gasteiger partial charge on any atom is 0.472 e. The van der Waals surface area contributed by atoms with Crippen molar-refractivity contribution in [3.63, 3.8) is 0 Å². The van der Waals surface area contributed by atoms with Crippen LogP contribution >= 0.6 is 7.82 Å². The quantitative estimate of drug-likeness (QED) is 0.0197. The number of rotatable bonds is 59. The largest absolute Gasteiger partial charge is 0.472 e. The summed E-state index contributed by atoms with van der Waals surface area (Å²) in [5, 5.41) is 9.83. The summed E-state index contributed by atoms with van der Waals surface area (Å²) in [4.78, 5) is 48.7. The van der Waals surface area contributed by atoms with Crippen LogP contribution in [0.5, 0.6) is 0 Å². The normalized spacial score (nSPS) is 13.8. The zero-order valence-corrected chi connectivity index (χ0v) is 51.0. The molecule has 2 N–H and O–H groups in total. The molecule has 0 aliphatic rings. The zero-order chi connectivity index (χ0) is 56.9. The van der Waals surface area contributed by atoms with Crippen molar-refractivity contribution in [1.29, 1.82) is 0 Å². The molecule has 0 amide bonds. The van der Waals surface area contributed by atoms with Gasteiger partial charge in [0.2, 0.25) is 0 Å². The van der Waals surface area contributed by atoms with Crippen molar-refractivity contribution in [3.8, 4) is 0 Å². The van der Waals surface area contributed by atoms with E-state index in [-0.39, 0.29) is 25.9 Å². The van der Waals surface area contributed by atoms with Gasteiger partial charge >= 0.3 is 25.7 Å². The number of hydrogen-bond acceptors (Lipinski definition) is 10. The summed E-state index contributed by atoms with van der Waals surface area (Å²) in [6, 6.07) is 0. The molecule has 0 heterocycles. The van der Waals surface area contributed by atoms with Gasteiger partial charge in [-0.1, -0.05) is 254 Å². The van der Waals surface area contributed by atoms with Crippen LogP contribution in [0.1, 0.15) is 290 Å². The molecule has 452 valence electrons. The van der Waals surface area contributed by atoms with Gasteiger partial charge in [0.05, 0.1) is 19.8 Å². The molecule has 78 heavy (non-hydrogen) atoms. The number of ether oxygens (including phenoxy) is 3. The first-order valence-electron chi connectivity index (χ1n) is 31.8. The summed E-state index contributed by atoms with van der Waals surface area (Å²) in [6.45, 7) is 4.53. The molecule has 0 aliphatic heterocycles. The average Bonchev–Trinajstić information content (AvgIpc) is 3.43. The summed E-state index contributed by atoms with van der Waals surface area (Å²) in [7, 11) is -4.76. The highest BCUT2D eigenvalue weighted by molar-refractivity contribution is 7.47. The van der Waals surface area contributed by atoms with Gasteiger partial charge in [-0.25, -0.2) is 4.57 Å². The lowest BCUT2D eigenvalue weighted by Gasteiger charge is -2.21. The molecule has 3 unspecified atom stereocenters. The Morgan fingerprint density at radius 2 is 0.667 bits per heavy atom. The highest BCUT2D eigenvalue weighted by Gasteiger charge is 2.28. The highest BCUT2D eigenvalue weighted by atomic mass is 31.2. The smallest absolute Gasteiger partial charge is 0.462 e. The van der Waals surface area contributed by atoms with E-state index in [9.17, 15) is 28.9 Å². The Bertz CT molecular complexity index is 1590. The van der Waals surface area contributed by atoms with E-state index in [0.717, 1.165) is 89.9 Å². The Kier molecular flexibility index (Phi) is 57.7. The minimum Gasteiger partial charge on any atom is -0.462 e. The Morgan fingerprint density at radius 1 is 0.372 bits per heavy atom. The molecule has 0 bridgehead atoms. The van der Waals surface area contributed by atoms with Crippen LogP contribution in [0.25, 0.3) is 0 Å². The second-order valence-electron chi connectivity index (χ2n) is 21.2. The fourth-order valence-corrected chi connectivity index (χ4v) is 9.57. The van der Waals surface area contributed by atoms with Crippen molar-refractivity contribution < 1.29 is 52.2 Å². The fourth-order valence-electron chi connectivity index (χ4n) is 8.79. The van der Waals surface area contributed by atoms with Gasteiger partial charge in [0, 0.05) is 19.3 Å². The van der Waals surface area contributed by atoms with Gasteiger partial charge in [0.25, 0.3) is 0 Å². The number of phosphoric acid groups is 1. The zero-order valence-electron chi connectivity index (χ0n) is 50.1. The Morgan fingerprint density at radius 3 is 1.05 bits per heavy atom. The Balaban J connectivity index is 4.75. The first-order valence-corrected chi connectivity index (χ1v) is 33.3. The van der Waals surface area contributed by atoms with Crippen molar-refractivity contribution in [2.24, 2.45) is 0 Å². The van der Waals surface area contributed by atoms with Gasteiger partial charge in [0.1, 0.15) is 12.7 Å². The number of phosphoric ester groups is 1. The van der Waals surface area contributed by atoms with Crippen LogP contribution in [0.4, 0.5) is 0 Å². The molecule has 0 aromatic heterocycles. The van der Waals surface area contributed by atoms with Gasteiger partial charge in [-0.2, -0.15) is 0 Å². The van der Waals surface area contributed by atoms with E-state index < -0.39 is 57.8 Å². The first-order chi connectivity index (χ1) is 38.2. The second-order valence-corrected chi connectivity index (χ2v) is 22.7. The standard InChI is InChI=1S/C66H117O11P/c1-4-7-10-13-16-19-22-25-27-29-31-33-35-38-40-43-46-49-52-55-64(68)73-59-63(77-66(70)57-54-51-48-45-42-39-36-34-32-30-28-26-23-20-17-14-11-8-5-2)61-75-78(71,72)74-60-62(58-67)76-65(69)56-53-50-47-44-41-37-24-21-18-15-12-9-6-3/h8,11,17,20,25-28,32,34,39,42,62-63,67H,4-7,9-10,12-16,18-19,21-24,29-31,33,35-38,40-41,43-61H2,1-3H3,(H,71,72)/b11-8-,20-17-,27-25-,28-26-,34-32-,42-39-. The van der Waals surface area contributed by atoms with Gasteiger partial charge in [-0.15, -0.1) is 0 Å². The second kappa shape index (κ2) is 60.0. The molecular formula is C66H117O11P. The molecule has 0 rings (SSSR count). The van der Waals surface area contributed by atoms with Crippen LogP contribution < -0.4 is 0 Å². The topological polar surface area (TPSA) is 155 Å². The third-order valence-corrected chi connectivity index (χ3v) is 14.6. The number of esters is 3.